The topological polar surface area (TPSA) is 134 Å². The normalized spacial score (nSPS) is 9.85. The number of aromatic nitrogens is 2. The number of carbonyl (C=O) groups is 4. The van der Waals surface area contributed by atoms with Gasteiger partial charge in [-0.1, -0.05) is 6.07 Å². The van der Waals surface area contributed by atoms with Crippen molar-refractivity contribution in [2.75, 3.05) is 26.1 Å². The zero-order valence-electron chi connectivity index (χ0n) is 14.4. The summed E-state index contributed by atoms with van der Waals surface area (Å²) < 4.78 is 13.9. The van der Waals surface area contributed by atoms with Gasteiger partial charge in [-0.3, -0.25) is 4.79 Å². The fraction of sp³-hybridized carbons (Fsp3) is 0.176. The fourth-order valence-electron chi connectivity index (χ4n) is 1.86. The van der Waals surface area contributed by atoms with Crippen LogP contribution >= 0.6 is 0 Å². The molecule has 2 aromatic rings. The van der Waals surface area contributed by atoms with Gasteiger partial charge in [-0.15, -0.1) is 0 Å². The Morgan fingerprint density at radius 1 is 0.926 bits per heavy atom. The third kappa shape index (κ3) is 5.33. The van der Waals surface area contributed by atoms with Gasteiger partial charge in [0, 0.05) is 6.20 Å². The van der Waals surface area contributed by atoms with Crippen molar-refractivity contribution in [2.24, 2.45) is 0 Å². The summed E-state index contributed by atoms with van der Waals surface area (Å²) in [7, 11) is 2.42. The highest BCUT2D eigenvalue weighted by atomic mass is 16.5. The first kappa shape index (κ1) is 19.5. The minimum absolute atomic E-state index is 0.0177. The lowest BCUT2D eigenvalue weighted by Gasteiger charge is -2.07. The smallest absolute Gasteiger partial charge is 0.356 e. The molecule has 0 fully saturated rings. The van der Waals surface area contributed by atoms with E-state index in [9.17, 15) is 19.2 Å². The first-order valence-corrected chi connectivity index (χ1v) is 7.51. The van der Waals surface area contributed by atoms with Gasteiger partial charge >= 0.3 is 17.9 Å². The number of nitrogens with one attached hydrogen (secondary N) is 1. The third-order valence-corrected chi connectivity index (χ3v) is 3.14. The van der Waals surface area contributed by atoms with Crippen LogP contribution in [-0.2, 0) is 19.0 Å². The van der Waals surface area contributed by atoms with Crippen LogP contribution in [-0.4, -0.2) is 54.6 Å². The molecular formula is C17H15N3O7. The van der Waals surface area contributed by atoms with Crippen LogP contribution in [0.2, 0.25) is 0 Å². The Kier molecular flexibility index (Phi) is 6.53. The highest BCUT2D eigenvalue weighted by Gasteiger charge is 2.14. The monoisotopic (exact) mass is 373 g/mol. The van der Waals surface area contributed by atoms with Crippen molar-refractivity contribution < 1.29 is 33.4 Å². The van der Waals surface area contributed by atoms with Crippen LogP contribution in [0.5, 0.6) is 0 Å². The van der Waals surface area contributed by atoms with Crippen LogP contribution in [0.1, 0.15) is 31.3 Å². The maximum atomic E-state index is 11.9. The Balaban J connectivity index is 1.90. The van der Waals surface area contributed by atoms with Gasteiger partial charge in [0.2, 0.25) is 0 Å². The molecule has 2 aromatic heterocycles. The lowest BCUT2D eigenvalue weighted by atomic mass is 10.2. The number of methoxy groups -OCH3 is 2. The minimum atomic E-state index is -0.801. The molecule has 0 aliphatic rings. The van der Waals surface area contributed by atoms with Crippen LogP contribution in [0.15, 0.2) is 36.5 Å². The van der Waals surface area contributed by atoms with E-state index in [4.69, 9.17) is 4.74 Å². The van der Waals surface area contributed by atoms with Crippen molar-refractivity contribution in [3.63, 3.8) is 0 Å². The molecule has 2 heterocycles. The van der Waals surface area contributed by atoms with E-state index < -0.39 is 30.4 Å². The molecule has 2 rings (SSSR count). The molecule has 0 bridgehead atoms. The van der Waals surface area contributed by atoms with E-state index in [0.717, 1.165) is 6.20 Å². The number of carbonyl (C=O) groups excluding carboxylic acids is 4. The molecule has 1 amide bonds. The van der Waals surface area contributed by atoms with E-state index in [1.54, 1.807) is 0 Å². The van der Waals surface area contributed by atoms with Crippen molar-refractivity contribution in [1.29, 1.82) is 0 Å². The summed E-state index contributed by atoms with van der Waals surface area (Å²) in [6.45, 7) is -0.582. The summed E-state index contributed by atoms with van der Waals surface area (Å²) in [5.74, 6) is -2.65. The first-order valence-electron chi connectivity index (χ1n) is 7.51. The largest absolute Gasteiger partial charge is 0.464 e. The second-order valence-electron chi connectivity index (χ2n) is 4.95. The molecule has 10 heteroatoms. The molecule has 0 saturated carbocycles. The minimum Gasteiger partial charge on any atom is -0.464 e. The molecule has 0 aliphatic carbocycles. The standard InChI is InChI=1S/C17H15N3O7/c1-25-16(23)11-7-6-10(8-18-11)15(22)27-9-14(21)20-13-5-3-4-12(19-13)17(24)26-2/h3-8H,9H2,1-2H3,(H,19,20,21). The van der Waals surface area contributed by atoms with Crippen molar-refractivity contribution in [3.8, 4) is 0 Å². The number of esters is 3. The van der Waals surface area contributed by atoms with Gasteiger partial charge in [0.05, 0.1) is 19.8 Å². The lowest BCUT2D eigenvalue weighted by Crippen LogP contribution is -2.22. The Morgan fingerprint density at radius 2 is 1.63 bits per heavy atom. The van der Waals surface area contributed by atoms with Crippen molar-refractivity contribution in [1.82, 2.24) is 9.97 Å². The number of rotatable bonds is 6. The molecule has 0 saturated heterocycles. The SMILES string of the molecule is COC(=O)c1ccc(C(=O)OCC(=O)Nc2cccc(C(=O)OC)n2)cn1. The second-order valence-corrected chi connectivity index (χ2v) is 4.95. The predicted molar refractivity (Wildman–Crippen MR) is 90.1 cm³/mol. The maximum Gasteiger partial charge on any atom is 0.356 e. The average molecular weight is 373 g/mol. The molecule has 0 radical (unpaired) electrons. The fourth-order valence-corrected chi connectivity index (χ4v) is 1.86. The predicted octanol–water partition coefficient (Wildman–Crippen LogP) is 0.845. The molecule has 27 heavy (non-hydrogen) atoms. The van der Waals surface area contributed by atoms with Gasteiger partial charge in [0.1, 0.15) is 11.5 Å². The molecular weight excluding hydrogens is 358 g/mol. The van der Waals surface area contributed by atoms with E-state index in [-0.39, 0.29) is 22.8 Å². The van der Waals surface area contributed by atoms with Crippen LogP contribution in [0, 0.1) is 0 Å². The summed E-state index contributed by atoms with van der Waals surface area (Å²) in [4.78, 5) is 54.1. The Morgan fingerprint density at radius 3 is 2.26 bits per heavy atom. The number of nitrogens with zero attached hydrogens (tertiary/aromatic N) is 2. The lowest BCUT2D eigenvalue weighted by molar-refractivity contribution is -0.119. The number of anilines is 1. The molecule has 0 atom stereocenters. The van der Waals surface area contributed by atoms with Crippen molar-refractivity contribution in [3.05, 3.63) is 53.5 Å². The molecule has 140 valence electrons. The van der Waals surface area contributed by atoms with E-state index in [2.05, 4.69) is 24.8 Å². The van der Waals surface area contributed by atoms with E-state index in [0.29, 0.717) is 0 Å². The van der Waals surface area contributed by atoms with Gasteiger partial charge in [-0.25, -0.2) is 24.4 Å². The highest BCUT2D eigenvalue weighted by Crippen LogP contribution is 2.07. The quantitative estimate of drug-likeness (QED) is 0.577. The average Bonchev–Trinajstić information content (AvgIpc) is 2.71. The van der Waals surface area contributed by atoms with Crippen LogP contribution < -0.4 is 5.32 Å². The molecule has 0 aliphatic heterocycles. The zero-order chi connectivity index (χ0) is 19.8. The summed E-state index contributed by atoms with van der Waals surface area (Å²) in [5.41, 5.74) is 0.105. The van der Waals surface area contributed by atoms with E-state index in [1.807, 2.05) is 0 Å². The first-order chi connectivity index (χ1) is 12.9. The Labute approximate surface area is 153 Å². The van der Waals surface area contributed by atoms with Gasteiger partial charge in [-0.2, -0.15) is 0 Å². The van der Waals surface area contributed by atoms with Gasteiger partial charge < -0.3 is 19.5 Å². The highest BCUT2D eigenvalue weighted by molar-refractivity contribution is 5.96. The van der Waals surface area contributed by atoms with Gasteiger partial charge in [0.25, 0.3) is 5.91 Å². The molecule has 0 unspecified atom stereocenters. The molecule has 1 N–H and O–H groups in total. The van der Waals surface area contributed by atoms with E-state index >= 15 is 0 Å². The number of pyridine rings is 2. The van der Waals surface area contributed by atoms with Crippen molar-refractivity contribution in [2.45, 2.75) is 0 Å². The van der Waals surface area contributed by atoms with Crippen LogP contribution in [0.25, 0.3) is 0 Å². The number of hydrogen-bond acceptors (Lipinski definition) is 9. The Hall–Kier alpha value is -3.82. The number of hydrogen-bond donors (Lipinski definition) is 1. The summed E-state index contributed by atoms with van der Waals surface area (Å²) in [6.07, 6.45) is 1.13. The van der Waals surface area contributed by atoms with Gasteiger partial charge in [-0.05, 0) is 24.3 Å². The number of amides is 1. The van der Waals surface area contributed by atoms with E-state index in [1.165, 1.54) is 44.6 Å². The second kappa shape index (κ2) is 9.04. The molecule has 10 nitrogen and oxygen atoms in total. The van der Waals surface area contributed by atoms with Crippen molar-refractivity contribution >= 4 is 29.6 Å². The zero-order valence-corrected chi connectivity index (χ0v) is 14.4. The maximum absolute atomic E-state index is 11.9. The third-order valence-electron chi connectivity index (χ3n) is 3.14. The van der Waals surface area contributed by atoms with Crippen LogP contribution in [0.4, 0.5) is 5.82 Å². The summed E-state index contributed by atoms with van der Waals surface area (Å²) in [5, 5.41) is 2.39. The summed E-state index contributed by atoms with van der Waals surface area (Å²) >= 11 is 0. The molecule has 0 spiro atoms. The Bertz CT molecular complexity index is 865. The number of ether oxygens (including phenoxy) is 3. The molecule has 0 aromatic carbocycles. The van der Waals surface area contributed by atoms with Crippen LogP contribution in [0.3, 0.4) is 0 Å². The summed E-state index contributed by atoms with van der Waals surface area (Å²) in [6, 6.07) is 7.01. The van der Waals surface area contributed by atoms with Gasteiger partial charge in [0.15, 0.2) is 12.3 Å².